The molecule has 0 aliphatic carbocycles. The third kappa shape index (κ3) is 1.42. The molecule has 1 aliphatic rings. The van der Waals surface area contributed by atoms with E-state index in [1.807, 2.05) is 6.92 Å². The number of pyridine rings is 1. The summed E-state index contributed by atoms with van der Waals surface area (Å²) in [5.74, 6) is -2.56. The Morgan fingerprint density at radius 1 is 1.43 bits per heavy atom. The van der Waals surface area contributed by atoms with Crippen molar-refractivity contribution >= 4 is 32.7 Å². The molecule has 0 saturated heterocycles. The van der Waals surface area contributed by atoms with E-state index in [0.717, 1.165) is 17.6 Å². The first-order valence-corrected chi connectivity index (χ1v) is 7.02. The second-order valence-corrected chi connectivity index (χ2v) is 5.77. The minimum absolute atomic E-state index is 0.0294. The number of nitrogens with zero attached hydrogens (tertiary/aromatic N) is 1. The van der Waals surface area contributed by atoms with E-state index in [1.54, 1.807) is 4.57 Å². The molecular weight excluding hydrogens is 302 g/mol. The molecule has 1 N–H and O–H groups in total. The van der Waals surface area contributed by atoms with Gasteiger partial charge in [0, 0.05) is 0 Å². The van der Waals surface area contributed by atoms with Crippen molar-refractivity contribution in [1.29, 1.82) is 0 Å². The van der Waals surface area contributed by atoms with Crippen molar-refractivity contribution in [2.45, 2.75) is 13.0 Å². The van der Waals surface area contributed by atoms with E-state index in [0.29, 0.717) is 4.83 Å². The van der Waals surface area contributed by atoms with E-state index in [9.17, 15) is 18.4 Å². The van der Waals surface area contributed by atoms with Crippen LogP contribution in [0.15, 0.2) is 15.7 Å². The van der Waals surface area contributed by atoms with Crippen LogP contribution < -0.4 is 15.7 Å². The Morgan fingerprint density at radius 3 is 2.95 bits per heavy atom. The van der Waals surface area contributed by atoms with Gasteiger partial charge in [0.1, 0.15) is 16.8 Å². The fraction of sp³-hybridized carbons (Fsp3) is 0.231. The van der Waals surface area contributed by atoms with Crippen molar-refractivity contribution in [3.63, 3.8) is 0 Å². The molecule has 21 heavy (non-hydrogen) atoms. The van der Waals surface area contributed by atoms with Gasteiger partial charge in [-0.3, -0.25) is 14.0 Å². The summed E-state index contributed by atoms with van der Waals surface area (Å²) in [6.07, 6.45) is 0. The van der Waals surface area contributed by atoms with Crippen molar-refractivity contribution in [3.8, 4) is 5.75 Å². The lowest BCUT2D eigenvalue weighted by atomic mass is 10.1. The highest BCUT2D eigenvalue weighted by atomic mass is 32.1. The van der Waals surface area contributed by atoms with Gasteiger partial charge in [-0.05, 0) is 24.5 Å². The zero-order valence-electron chi connectivity index (χ0n) is 10.7. The fourth-order valence-corrected chi connectivity index (χ4v) is 3.68. The SMILES string of the molecule is C[C@H]1COc2c(F)c(F)cc3c(=O)c4c(=O)[nH]sc4n1c23. The topological polar surface area (TPSA) is 64.1 Å². The highest BCUT2D eigenvalue weighted by molar-refractivity contribution is 7.12. The first-order chi connectivity index (χ1) is 10.0. The van der Waals surface area contributed by atoms with Crippen LogP contribution in [0, 0.1) is 11.6 Å². The molecule has 3 heterocycles. The highest BCUT2D eigenvalue weighted by Gasteiger charge is 2.29. The average molecular weight is 310 g/mol. The van der Waals surface area contributed by atoms with Crippen LogP contribution in [0.4, 0.5) is 8.78 Å². The van der Waals surface area contributed by atoms with Crippen LogP contribution in [0.25, 0.3) is 21.1 Å². The second kappa shape index (κ2) is 3.91. The number of fused-ring (bicyclic) bond motifs is 2. The summed E-state index contributed by atoms with van der Waals surface area (Å²) in [4.78, 5) is 24.6. The maximum atomic E-state index is 13.9. The number of ether oxygens (including phenoxy) is 1. The number of hydrogen-bond donors (Lipinski definition) is 1. The molecule has 1 aliphatic heterocycles. The maximum Gasteiger partial charge on any atom is 0.271 e. The van der Waals surface area contributed by atoms with Crippen LogP contribution in [0.3, 0.4) is 0 Å². The van der Waals surface area contributed by atoms with E-state index in [1.165, 1.54) is 0 Å². The van der Waals surface area contributed by atoms with Crippen molar-refractivity contribution in [1.82, 2.24) is 8.94 Å². The summed E-state index contributed by atoms with van der Waals surface area (Å²) in [7, 11) is 0. The van der Waals surface area contributed by atoms with Gasteiger partial charge < -0.3 is 9.30 Å². The number of benzene rings is 1. The minimum atomic E-state index is -1.17. The van der Waals surface area contributed by atoms with Gasteiger partial charge in [-0.25, -0.2) is 4.39 Å². The molecule has 0 radical (unpaired) electrons. The molecule has 0 spiro atoms. The molecule has 2 aromatic heterocycles. The van der Waals surface area contributed by atoms with E-state index >= 15 is 0 Å². The molecule has 8 heteroatoms. The van der Waals surface area contributed by atoms with Crippen LogP contribution in [-0.4, -0.2) is 15.5 Å². The monoisotopic (exact) mass is 310 g/mol. The Kier molecular flexibility index (Phi) is 2.33. The summed E-state index contributed by atoms with van der Waals surface area (Å²) in [6, 6.07) is 0.615. The van der Waals surface area contributed by atoms with Gasteiger partial charge in [0.05, 0.1) is 16.9 Å². The Hall–Kier alpha value is -2.22. The van der Waals surface area contributed by atoms with Crippen LogP contribution >= 0.6 is 11.5 Å². The predicted octanol–water partition coefficient (Wildman–Crippen LogP) is 2.14. The van der Waals surface area contributed by atoms with Gasteiger partial charge >= 0.3 is 0 Å². The molecule has 3 aromatic rings. The molecule has 5 nitrogen and oxygen atoms in total. The second-order valence-electron chi connectivity index (χ2n) is 4.97. The van der Waals surface area contributed by atoms with Crippen molar-refractivity contribution in [2.24, 2.45) is 0 Å². The zero-order chi connectivity index (χ0) is 14.9. The van der Waals surface area contributed by atoms with E-state index in [-0.39, 0.29) is 34.7 Å². The Morgan fingerprint density at radius 2 is 2.19 bits per heavy atom. The summed E-state index contributed by atoms with van der Waals surface area (Å²) in [5, 5.41) is -0.0786. The molecule has 1 aromatic carbocycles. The average Bonchev–Trinajstić information content (AvgIpc) is 2.83. The summed E-state index contributed by atoms with van der Waals surface area (Å²) >= 11 is 1.00. The lowest BCUT2D eigenvalue weighted by Crippen LogP contribution is -2.25. The first kappa shape index (κ1) is 12.5. The molecule has 4 rings (SSSR count). The molecule has 0 fully saturated rings. The van der Waals surface area contributed by atoms with Crippen LogP contribution in [0.2, 0.25) is 0 Å². The number of halogens is 2. The summed E-state index contributed by atoms with van der Waals surface area (Å²) in [6.45, 7) is 1.95. The Labute approximate surface area is 119 Å². The predicted molar refractivity (Wildman–Crippen MR) is 74.3 cm³/mol. The van der Waals surface area contributed by atoms with Crippen LogP contribution in [0.1, 0.15) is 13.0 Å². The number of rotatable bonds is 0. The molecule has 0 bridgehead atoms. The van der Waals surface area contributed by atoms with Crippen molar-refractivity contribution in [2.75, 3.05) is 6.61 Å². The molecule has 108 valence electrons. The van der Waals surface area contributed by atoms with Gasteiger partial charge in [-0.2, -0.15) is 4.39 Å². The molecular formula is C13H8F2N2O3S. The Bertz CT molecular complexity index is 1030. The number of nitrogens with one attached hydrogen (secondary N) is 1. The smallest absolute Gasteiger partial charge is 0.271 e. The third-order valence-corrected chi connectivity index (χ3v) is 4.55. The van der Waals surface area contributed by atoms with Gasteiger partial charge in [0.25, 0.3) is 5.56 Å². The minimum Gasteiger partial charge on any atom is -0.486 e. The largest absolute Gasteiger partial charge is 0.486 e. The number of H-pyrrole nitrogens is 1. The van der Waals surface area contributed by atoms with Gasteiger partial charge in [-0.1, -0.05) is 0 Å². The summed E-state index contributed by atoms with van der Waals surface area (Å²) < 4.78 is 37.0. The van der Waals surface area contributed by atoms with Crippen LogP contribution in [-0.2, 0) is 0 Å². The standard InChI is InChI=1S/C13H8F2N2O3S/c1-4-3-20-11-8(15)6(14)2-5-9(11)17(4)13-7(10(5)18)12(19)16-21-13/h2,4H,3H2,1H3,(H,16,19)/t4-/m0/s1. The molecule has 0 unspecified atom stereocenters. The number of aromatic nitrogens is 2. The lowest BCUT2D eigenvalue weighted by Gasteiger charge is -2.27. The van der Waals surface area contributed by atoms with Crippen LogP contribution in [0.5, 0.6) is 5.75 Å². The van der Waals surface area contributed by atoms with E-state index < -0.39 is 22.6 Å². The number of hydrogen-bond acceptors (Lipinski definition) is 4. The first-order valence-electron chi connectivity index (χ1n) is 6.21. The fourth-order valence-electron chi connectivity index (χ4n) is 2.74. The third-order valence-electron chi connectivity index (χ3n) is 3.67. The quantitative estimate of drug-likeness (QED) is 0.692. The summed E-state index contributed by atoms with van der Waals surface area (Å²) in [5.41, 5.74) is -0.937. The van der Waals surface area contributed by atoms with Crippen molar-refractivity contribution in [3.05, 3.63) is 38.3 Å². The number of aromatic amines is 1. The molecule has 1 atom stereocenters. The van der Waals surface area contributed by atoms with E-state index in [4.69, 9.17) is 4.74 Å². The molecule has 0 saturated carbocycles. The normalized spacial score (nSPS) is 17.4. The highest BCUT2D eigenvalue weighted by Crippen LogP contribution is 2.37. The lowest BCUT2D eigenvalue weighted by molar-refractivity contribution is 0.237. The zero-order valence-corrected chi connectivity index (χ0v) is 11.5. The molecule has 0 amide bonds. The van der Waals surface area contributed by atoms with Gasteiger partial charge in [-0.15, -0.1) is 0 Å². The van der Waals surface area contributed by atoms with Gasteiger partial charge in [0.2, 0.25) is 11.2 Å². The Balaban J connectivity index is 2.43. The van der Waals surface area contributed by atoms with E-state index in [2.05, 4.69) is 4.37 Å². The van der Waals surface area contributed by atoms with Crippen molar-refractivity contribution < 1.29 is 13.5 Å². The maximum absolute atomic E-state index is 13.9. The van der Waals surface area contributed by atoms with Gasteiger partial charge in [0.15, 0.2) is 11.6 Å².